The lowest BCUT2D eigenvalue weighted by Crippen LogP contribution is -2.59. The first-order valence-corrected chi connectivity index (χ1v) is 40.4. The fraction of sp³-hybridized carbons (Fsp3) is 0.675. The number of thioether (sulfide) groups is 1. The Morgan fingerprint density at radius 1 is 0.735 bits per heavy atom. The van der Waals surface area contributed by atoms with Crippen LogP contribution in [0.1, 0.15) is 173 Å². The molecule has 14 amide bonds. The predicted molar refractivity (Wildman–Crippen MR) is 427 cm³/mol. The van der Waals surface area contributed by atoms with Crippen LogP contribution in [0.4, 0.5) is 20.1 Å². The molecule has 2 aromatic rings. The number of hydrogen-bond acceptors (Lipinski definition) is 20. The minimum atomic E-state index is -1.14. The van der Waals surface area contributed by atoms with E-state index in [0.717, 1.165) is 24.0 Å². The zero-order chi connectivity index (χ0) is 84.3. The first kappa shape index (κ1) is 94.6. The molecule has 3 aliphatic rings. The second-order valence-corrected chi connectivity index (χ2v) is 32.9. The van der Waals surface area contributed by atoms with Crippen molar-refractivity contribution in [2.24, 2.45) is 46.5 Å². The average Bonchev–Trinajstić information content (AvgIpc) is 1.68. The van der Waals surface area contributed by atoms with Crippen LogP contribution < -0.4 is 48.7 Å². The molecule has 1 aliphatic carbocycles. The summed E-state index contributed by atoms with van der Waals surface area (Å²) in [7, 11) is 9.57. The third-order valence-electron chi connectivity index (χ3n) is 21.4. The topological polar surface area (TPSA) is 428 Å². The molecule has 0 radical (unpaired) electrons. The Labute approximate surface area is 669 Å². The molecule has 0 spiro atoms. The lowest BCUT2D eigenvalue weighted by atomic mass is 9.89. The molecular formula is C80H126N14O18S. The number of methoxy groups -OCH3 is 2. The van der Waals surface area contributed by atoms with Crippen molar-refractivity contribution >= 4 is 101 Å². The highest BCUT2D eigenvalue weighted by molar-refractivity contribution is 8.00. The van der Waals surface area contributed by atoms with E-state index in [1.54, 1.807) is 77.1 Å². The number of nitrogens with one attached hydrogen (secondary N) is 7. The molecule has 5 rings (SSSR count). The van der Waals surface area contributed by atoms with E-state index >= 15 is 4.79 Å². The van der Waals surface area contributed by atoms with Gasteiger partial charge in [0.25, 0.3) is 0 Å². The van der Waals surface area contributed by atoms with E-state index in [2.05, 4.69) is 37.2 Å². The number of carbonyl (C=O) groups is 14. The fourth-order valence-electron chi connectivity index (χ4n) is 14.6. The maximum atomic E-state index is 15.1. The minimum absolute atomic E-state index is 0.0218. The van der Waals surface area contributed by atoms with Gasteiger partial charge in [0.05, 0.1) is 61.0 Å². The van der Waals surface area contributed by atoms with Crippen molar-refractivity contribution < 1.29 is 86.1 Å². The number of alkyl carbamates (subject to hydrolysis) is 1. The number of anilines is 1. The maximum absolute atomic E-state index is 15.1. The first-order chi connectivity index (χ1) is 53.3. The molecule has 12 atom stereocenters. The van der Waals surface area contributed by atoms with Gasteiger partial charge in [0.1, 0.15) is 30.8 Å². The van der Waals surface area contributed by atoms with Gasteiger partial charge in [0.15, 0.2) is 5.78 Å². The summed E-state index contributed by atoms with van der Waals surface area (Å²) in [6.45, 7) is 19.9. The molecule has 11 N–H and O–H groups in total. The average molecular weight is 1600 g/mol. The van der Waals surface area contributed by atoms with Crippen LogP contribution in [0.15, 0.2) is 42.5 Å². The molecule has 33 heteroatoms. The van der Waals surface area contributed by atoms with Crippen LogP contribution in [-0.4, -0.2) is 255 Å². The van der Waals surface area contributed by atoms with E-state index in [-0.39, 0.29) is 149 Å². The largest absolute Gasteiger partial charge is 0.445 e. The SMILES string of the molecule is CC[C@H](C)[C@@H]([C@@H](CC(=O)N1C[C@@H](OC(=O)NCCN(C)C(=O)OCc2ccc(NC(=O)[C@H](CCCNC(N)=O)NC(=O)[C@@H](NC(=O)CCCCCN3C(=O)CC(SCC4(CC(N)=O)CC4)C3=O)C(C)C)cc2)C[C@H]1[C@H](OC)[C@@H](C)C(=O)NCC(=O)c1ccc(C)cc1C)OC)N(C)C(=O)[C@@H](NC(=O)[C@H](C(C)C)N(C)C)C(C)C. The lowest BCUT2D eigenvalue weighted by molar-refractivity contribution is -0.148. The van der Waals surface area contributed by atoms with Gasteiger partial charge in [0.2, 0.25) is 59.1 Å². The summed E-state index contributed by atoms with van der Waals surface area (Å²) < 4.78 is 23.7. The van der Waals surface area contributed by atoms with Crippen LogP contribution in [0.5, 0.6) is 0 Å². The summed E-state index contributed by atoms with van der Waals surface area (Å²) in [5.41, 5.74) is 13.5. The number of benzene rings is 2. The summed E-state index contributed by atoms with van der Waals surface area (Å²) in [5, 5.41) is 18.7. The van der Waals surface area contributed by atoms with Crippen molar-refractivity contribution in [3.63, 3.8) is 0 Å². The number of nitrogens with two attached hydrogens (primary N) is 2. The number of likely N-dealkylation sites (tertiary alicyclic amines) is 2. The van der Waals surface area contributed by atoms with Crippen molar-refractivity contribution in [3.05, 3.63) is 64.7 Å². The molecule has 32 nitrogen and oxygen atoms in total. The zero-order valence-electron chi connectivity index (χ0n) is 69.2. The molecule has 1 saturated carbocycles. The van der Waals surface area contributed by atoms with E-state index in [4.69, 9.17) is 30.4 Å². The Balaban J connectivity index is 1.17. The van der Waals surface area contributed by atoms with Crippen molar-refractivity contribution in [1.82, 2.24) is 56.4 Å². The highest BCUT2D eigenvalue weighted by Gasteiger charge is 2.49. The number of unbranched alkanes of at least 4 members (excludes halogenated alkanes) is 2. The van der Waals surface area contributed by atoms with Gasteiger partial charge in [-0.1, -0.05) is 111 Å². The number of hydrogen-bond donors (Lipinski definition) is 9. The molecule has 113 heavy (non-hydrogen) atoms. The summed E-state index contributed by atoms with van der Waals surface area (Å²) in [4.78, 5) is 195. The van der Waals surface area contributed by atoms with Gasteiger partial charge in [-0.15, -0.1) is 11.8 Å². The van der Waals surface area contributed by atoms with E-state index in [1.165, 1.54) is 47.7 Å². The molecule has 2 saturated heterocycles. The number of urea groups is 1. The number of primary amides is 2. The van der Waals surface area contributed by atoms with Gasteiger partial charge in [-0.3, -0.25) is 62.5 Å². The number of nitrogens with zero attached hydrogens (tertiary/aromatic N) is 5. The van der Waals surface area contributed by atoms with E-state index in [1.807, 2.05) is 72.4 Å². The monoisotopic (exact) mass is 1600 g/mol. The number of aryl methyl sites for hydroxylation is 2. The number of amides is 14. The van der Waals surface area contributed by atoms with Gasteiger partial charge in [-0.05, 0) is 119 Å². The zero-order valence-corrected chi connectivity index (χ0v) is 70.0. The number of Topliss-reactive ketones (excluding diaryl/α,β-unsaturated/α-hetero) is 1. The highest BCUT2D eigenvalue weighted by Crippen LogP contribution is 2.52. The van der Waals surface area contributed by atoms with Crippen LogP contribution in [0, 0.1) is 48.9 Å². The van der Waals surface area contributed by atoms with Crippen molar-refractivity contribution in [1.29, 1.82) is 0 Å². The van der Waals surface area contributed by atoms with E-state index in [9.17, 15) is 62.3 Å². The second-order valence-electron chi connectivity index (χ2n) is 31.7. The van der Waals surface area contributed by atoms with Crippen LogP contribution in [0.25, 0.3) is 0 Å². The fourth-order valence-corrected chi connectivity index (χ4v) is 16.1. The van der Waals surface area contributed by atoms with Crippen LogP contribution in [0.2, 0.25) is 0 Å². The molecule has 3 fully saturated rings. The van der Waals surface area contributed by atoms with Crippen LogP contribution in [0.3, 0.4) is 0 Å². The number of carbonyl (C=O) groups excluding carboxylic acids is 14. The Hall–Kier alpha value is -8.95. The molecule has 0 bridgehead atoms. The number of rotatable bonds is 47. The number of ether oxygens (including phenoxy) is 4. The Morgan fingerprint density at radius 2 is 1.41 bits per heavy atom. The maximum Gasteiger partial charge on any atom is 0.409 e. The second kappa shape index (κ2) is 45.2. The van der Waals surface area contributed by atoms with Crippen LogP contribution >= 0.6 is 11.8 Å². The van der Waals surface area contributed by atoms with Gasteiger partial charge in [0, 0.05) is 97.2 Å². The number of likely N-dealkylation sites (N-methyl/N-ethyl adjacent to an activating group) is 3. The molecule has 1 unspecified atom stereocenters. The normalized spacial score (nSPS) is 18.2. The Kier molecular flexibility index (Phi) is 37.9. The molecular weight excluding hydrogens is 1480 g/mol. The van der Waals surface area contributed by atoms with Crippen LogP contribution in [-0.2, 0) is 73.5 Å². The first-order valence-electron chi connectivity index (χ1n) is 39.3. The number of ketones is 1. The molecule has 2 heterocycles. The van der Waals surface area contributed by atoms with Gasteiger partial charge in [-0.25, -0.2) is 14.4 Å². The number of imide groups is 1. The van der Waals surface area contributed by atoms with E-state index in [0.29, 0.717) is 48.3 Å². The lowest BCUT2D eigenvalue weighted by Gasteiger charge is -2.41. The third kappa shape index (κ3) is 28.8. The minimum Gasteiger partial charge on any atom is -0.445 e. The quantitative estimate of drug-likeness (QED) is 0.0230. The van der Waals surface area contributed by atoms with E-state index < -0.39 is 119 Å². The summed E-state index contributed by atoms with van der Waals surface area (Å²) in [6, 6.07) is 5.87. The van der Waals surface area contributed by atoms with Crippen molar-refractivity contribution in [2.75, 3.05) is 92.7 Å². The van der Waals surface area contributed by atoms with Gasteiger partial charge >= 0.3 is 18.2 Å². The van der Waals surface area contributed by atoms with Crippen molar-refractivity contribution in [3.8, 4) is 0 Å². The Bertz CT molecular complexity index is 3610. The highest BCUT2D eigenvalue weighted by atomic mass is 32.2. The summed E-state index contributed by atoms with van der Waals surface area (Å²) in [5.74, 6) is -5.81. The smallest absolute Gasteiger partial charge is 0.409 e. The van der Waals surface area contributed by atoms with Crippen molar-refractivity contribution in [2.45, 2.75) is 226 Å². The molecule has 630 valence electrons. The molecule has 2 aliphatic heterocycles. The Morgan fingerprint density at radius 3 is 1.99 bits per heavy atom. The standard InChI is InChI=1S/C80H126N14O18S/c1-18-50(9)69(92(15)76(105)67(47(4)5)89-74(103)68(48(6)7)90(12)13)60(109-16)39-64(98)94-43-55(38-58(94)70(110-17)52(11)71(100)85-42-59(95)56-30-25-49(8)37-51(56)10)112-78(107)84-34-36-91(14)79(108)111-44-53-26-28-54(29-27-53)86-72(101)57(23-22-33-83-77(82)106)87-73(102)66(46(2)3)88-63(97)24-20-19-21-35-93-65(99)40-61(75(93)104)113-45-80(31-32-80)41-62(81)96/h25-30,37,46-48,50,52,55,57-58,60-61,66-70H,18-24,31-36,38-45H2,1-17H3,(H2,81,96)(H,84,107)(H,85,100)(H,86,101)(H,87,102)(H,88,97)(H,89,103)(H3,82,83,106)/t50-,52+,55-,57-,58-,60+,61?,66-,67-,68-,69-,70+/m0/s1. The van der Waals surface area contributed by atoms with Gasteiger partial charge < -0.3 is 82.3 Å². The van der Waals surface area contributed by atoms with Gasteiger partial charge in [-0.2, -0.15) is 0 Å². The third-order valence-corrected chi connectivity index (χ3v) is 22.9. The summed E-state index contributed by atoms with van der Waals surface area (Å²) in [6.07, 6.45) is -0.239. The molecule has 0 aromatic heterocycles. The molecule has 2 aromatic carbocycles. The predicted octanol–water partition coefficient (Wildman–Crippen LogP) is 5.31. The summed E-state index contributed by atoms with van der Waals surface area (Å²) >= 11 is 1.40.